The van der Waals surface area contributed by atoms with E-state index in [9.17, 15) is 46.0 Å². The van der Waals surface area contributed by atoms with Crippen LogP contribution in [0.15, 0.2) is 0 Å². The molecule has 41 heavy (non-hydrogen) atoms. The third-order valence-corrected chi connectivity index (χ3v) is 6.33. The molecule has 3 saturated heterocycles. The van der Waals surface area contributed by atoms with E-state index >= 15 is 0 Å². The third-order valence-electron chi connectivity index (χ3n) is 6.33. The van der Waals surface area contributed by atoms with Crippen molar-refractivity contribution in [3.8, 4) is 36.0 Å². The fourth-order valence-electron chi connectivity index (χ4n) is 3.90. The van der Waals surface area contributed by atoms with Crippen LogP contribution in [-0.4, -0.2) is 173 Å². The summed E-state index contributed by atoms with van der Waals surface area (Å²) in [6, 6.07) is 0. The molecule has 12 N–H and O–H groups in total. The van der Waals surface area contributed by atoms with Crippen LogP contribution in [0.4, 0.5) is 0 Å². The van der Waals surface area contributed by atoms with E-state index in [1.807, 2.05) is 0 Å². The van der Waals surface area contributed by atoms with E-state index < -0.39 is 111 Å². The maximum absolute atomic E-state index is 9.82. The molecule has 0 aromatic carbocycles. The molecule has 16 heteroatoms. The average Bonchev–Trinajstić information content (AvgIpc) is 2.94. The Hall–Kier alpha value is -1.19. The summed E-state index contributed by atoms with van der Waals surface area (Å²) in [6.07, 6.45) is -14.7. The quantitative estimate of drug-likeness (QED) is 0.0961. The first kappa shape index (κ1) is 39.8. The molecule has 0 aliphatic carbocycles. The summed E-state index contributed by atoms with van der Waals surface area (Å²) < 4.78 is 15.3. The van der Waals surface area contributed by atoms with Crippen molar-refractivity contribution in [2.75, 3.05) is 19.8 Å². The molecule has 3 aliphatic heterocycles. The lowest BCUT2D eigenvalue weighted by molar-refractivity contribution is -0.214. The molecule has 0 saturated carbocycles. The fourth-order valence-corrected chi connectivity index (χ4v) is 3.90. The molecule has 0 amide bonds. The molecule has 3 rings (SSSR count). The largest absolute Gasteiger partial charge is 0.394 e. The highest BCUT2D eigenvalue weighted by molar-refractivity contribution is 14.0. The Bertz CT molecular complexity index is 883. The zero-order chi connectivity index (χ0) is 29.4. The predicted molar refractivity (Wildman–Crippen MR) is 148 cm³/mol. The molecule has 15 nitrogen and oxygen atoms in total. The lowest BCUT2D eigenvalue weighted by Gasteiger charge is -2.38. The van der Waals surface area contributed by atoms with Gasteiger partial charge in [-0.3, -0.25) is 0 Å². The van der Waals surface area contributed by atoms with Gasteiger partial charge in [0.15, 0.2) is 0 Å². The van der Waals surface area contributed by atoms with E-state index in [2.05, 4.69) is 29.6 Å². The SMILES string of the molecule is C.C#C[C@H]1O[C@H](CO)[C@@H](O)[C@H](O)[C@@H]1O.I.OC[C@H]1O[C@H](C#CC#CC2O[C@H](CO)[C@@H](O)[C@H](O)[C@@H]2O)[C@@H](O)[C@@H](O)[C@@H]1O. The normalized spacial score (nSPS) is 43.5. The molecular formula is C25H39IO15. The summed E-state index contributed by atoms with van der Waals surface area (Å²) in [5.74, 6) is 11.6. The highest BCUT2D eigenvalue weighted by atomic mass is 127. The van der Waals surface area contributed by atoms with Gasteiger partial charge in [0.05, 0.1) is 19.8 Å². The number of hydrogen-bond acceptors (Lipinski definition) is 15. The number of halogens is 1. The molecular weight excluding hydrogens is 667 g/mol. The minimum Gasteiger partial charge on any atom is -0.394 e. The molecule has 236 valence electrons. The number of aliphatic hydroxyl groups is 12. The van der Waals surface area contributed by atoms with Crippen LogP contribution in [0.3, 0.4) is 0 Å². The molecule has 15 atom stereocenters. The second-order valence-electron chi connectivity index (χ2n) is 8.95. The van der Waals surface area contributed by atoms with Gasteiger partial charge < -0.3 is 75.5 Å². The second kappa shape index (κ2) is 18.5. The maximum Gasteiger partial charge on any atom is 0.148 e. The zero-order valence-corrected chi connectivity index (χ0v) is 23.2. The van der Waals surface area contributed by atoms with Gasteiger partial charge in [-0.2, -0.15) is 0 Å². The lowest BCUT2D eigenvalue weighted by atomic mass is 9.95. The van der Waals surface area contributed by atoms with Gasteiger partial charge in [0, 0.05) is 0 Å². The Kier molecular flexibility index (Phi) is 17.9. The van der Waals surface area contributed by atoms with Crippen molar-refractivity contribution in [1.29, 1.82) is 0 Å². The summed E-state index contributed by atoms with van der Waals surface area (Å²) in [6.45, 7) is -1.62. The van der Waals surface area contributed by atoms with Crippen LogP contribution >= 0.6 is 24.0 Å². The van der Waals surface area contributed by atoms with Gasteiger partial charge in [-0.25, -0.2) is 0 Å². The molecule has 3 heterocycles. The monoisotopic (exact) mass is 706 g/mol. The number of hydrogen-bond donors (Lipinski definition) is 12. The number of aliphatic hydroxyl groups excluding tert-OH is 12. The fraction of sp³-hybridized carbons (Fsp3) is 0.760. The predicted octanol–water partition coefficient (Wildman–Crippen LogP) is -6.61. The molecule has 3 fully saturated rings. The van der Waals surface area contributed by atoms with Crippen LogP contribution in [0.1, 0.15) is 7.43 Å². The molecule has 1 unspecified atom stereocenters. The number of rotatable bonds is 3. The first-order valence-corrected chi connectivity index (χ1v) is 11.8. The molecule has 0 radical (unpaired) electrons. The molecule has 0 bridgehead atoms. The van der Waals surface area contributed by atoms with Crippen LogP contribution in [0.5, 0.6) is 0 Å². The summed E-state index contributed by atoms with van der Waals surface area (Å²) in [7, 11) is 0. The van der Waals surface area contributed by atoms with Gasteiger partial charge in [-0.1, -0.05) is 25.2 Å². The second-order valence-corrected chi connectivity index (χ2v) is 8.95. The highest BCUT2D eigenvalue weighted by Crippen LogP contribution is 2.22. The van der Waals surface area contributed by atoms with E-state index in [0.717, 1.165) is 0 Å². The van der Waals surface area contributed by atoms with Crippen molar-refractivity contribution in [3.05, 3.63) is 0 Å². The van der Waals surface area contributed by atoms with Crippen molar-refractivity contribution < 1.29 is 75.5 Å². The highest BCUT2D eigenvalue weighted by Gasteiger charge is 2.44. The van der Waals surface area contributed by atoms with E-state index in [1.54, 1.807) is 0 Å². The van der Waals surface area contributed by atoms with E-state index in [1.165, 1.54) is 0 Å². The third kappa shape index (κ3) is 9.65. The lowest BCUT2D eigenvalue weighted by Crippen LogP contribution is -2.58. The van der Waals surface area contributed by atoms with Crippen LogP contribution in [0, 0.1) is 36.0 Å². The van der Waals surface area contributed by atoms with Gasteiger partial charge in [-0.05, 0) is 11.8 Å². The van der Waals surface area contributed by atoms with Gasteiger partial charge in [0.2, 0.25) is 0 Å². The summed E-state index contributed by atoms with van der Waals surface area (Å²) in [5.41, 5.74) is 0. The summed E-state index contributed by atoms with van der Waals surface area (Å²) in [4.78, 5) is 0. The maximum atomic E-state index is 9.82. The van der Waals surface area contributed by atoms with Crippen LogP contribution in [-0.2, 0) is 14.2 Å². The minimum absolute atomic E-state index is 0. The van der Waals surface area contributed by atoms with Gasteiger partial charge in [0.25, 0.3) is 0 Å². The standard InChI is InChI=1S/C16H22O10.C8H12O5.CH4.HI/c17-5-9-13(21)15(23)11(19)7(25-9)3-1-2-4-8-12(20)16(24)14(22)10(6-18)26-8;1-2-4-6(10)8(12)7(11)5(3-9)13-4;;/h7-24H,5-6H2;1,4-12H,3H2;1H4;1H/t7-,8?,9-,10-,11-,12-,13-,14-,15-,16-;4-,5-,6-,7-,8-;;/m11../s1. The van der Waals surface area contributed by atoms with Gasteiger partial charge >= 0.3 is 0 Å². The van der Waals surface area contributed by atoms with Crippen molar-refractivity contribution in [2.24, 2.45) is 0 Å². The number of terminal acetylenes is 1. The Morgan fingerprint density at radius 3 is 1.00 bits per heavy atom. The molecule has 0 spiro atoms. The topological polar surface area (TPSA) is 270 Å². The van der Waals surface area contributed by atoms with Crippen LogP contribution in [0.25, 0.3) is 0 Å². The Morgan fingerprint density at radius 1 is 0.463 bits per heavy atom. The van der Waals surface area contributed by atoms with Crippen LogP contribution in [0.2, 0.25) is 0 Å². The van der Waals surface area contributed by atoms with Crippen molar-refractivity contribution in [1.82, 2.24) is 0 Å². The molecule has 0 aromatic rings. The van der Waals surface area contributed by atoms with Gasteiger partial charge in [-0.15, -0.1) is 30.4 Å². The van der Waals surface area contributed by atoms with E-state index in [4.69, 9.17) is 36.0 Å². The van der Waals surface area contributed by atoms with Crippen molar-refractivity contribution >= 4 is 24.0 Å². The Morgan fingerprint density at radius 2 is 0.732 bits per heavy atom. The smallest absolute Gasteiger partial charge is 0.148 e. The molecule has 3 aliphatic rings. The van der Waals surface area contributed by atoms with Crippen molar-refractivity contribution in [3.63, 3.8) is 0 Å². The average molecular weight is 706 g/mol. The Labute approximate surface area is 254 Å². The zero-order valence-electron chi connectivity index (χ0n) is 20.9. The summed E-state index contributed by atoms with van der Waals surface area (Å²) >= 11 is 0. The first-order valence-electron chi connectivity index (χ1n) is 11.8. The molecule has 0 aromatic heterocycles. The van der Waals surface area contributed by atoms with E-state index in [0.29, 0.717) is 0 Å². The first-order chi connectivity index (χ1) is 18.4. The van der Waals surface area contributed by atoms with E-state index in [-0.39, 0.29) is 31.4 Å². The Balaban J connectivity index is 0.000000906. The minimum atomic E-state index is -1.56. The van der Waals surface area contributed by atoms with Crippen LogP contribution < -0.4 is 0 Å². The van der Waals surface area contributed by atoms with Crippen molar-refractivity contribution in [2.45, 2.75) is 99.0 Å². The number of ether oxygens (including phenoxy) is 3. The summed E-state index contributed by atoms with van der Waals surface area (Å²) in [5, 5.41) is 113. The van der Waals surface area contributed by atoms with Gasteiger partial charge in [0.1, 0.15) is 91.6 Å².